The second-order valence-corrected chi connectivity index (χ2v) is 8.28. The fraction of sp³-hybridized carbons (Fsp3) is 0.273. The van der Waals surface area contributed by atoms with E-state index in [4.69, 9.17) is 0 Å². The Morgan fingerprint density at radius 3 is 2.53 bits per heavy atom. The molecule has 1 aromatic heterocycles. The van der Waals surface area contributed by atoms with Crippen LogP contribution in [-0.2, 0) is 11.3 Å². The van der Waals surface area contributed by atoms with Gasteiger partial charge in [-0.1, -0.05) is 29.5 Å². The van der Waals surface area contributed by atoms with Gasteiger partial charge in [0.25, 0.3) is 5.91 Å². The topological polar surface area (TPSA) is 80.1 Å². The van der Waals surface area contributed by atoms with Crippen molar-refractivity contribution < 1.29 is 14.0 Å². The number of aromatic nitrogens is 3. The zero-order valence-corrected chi connectivity index (χ0v) is 17.0. The van der Waals surface area contributed by atoms with Gasteiger partial charge in [0.05, 0.1) is 29.7 Å². The van der Waals surface area contributed by atoms with E-state index in [-0.39, 0.29) is 18.4 Å². The molecule has 4 rings (SSSR count). The summed E-state index contributed by atoms with van der Waals surface area (Å²) in [6.07, 6.45) is 1.58. The molecule has 0 saturated carbocycles. The molecule has 2 aromatic carbocycles. The van der Waals surface area contributed by atoms with Crippen LogP contribution in [0.1, 0.15) is 48.4 Å². The Bertz CT molecular complexity index is 1100. The number of nitrogens with zero attached hydrogens (tertiary/aromatic N) is 4. The molecular formula is C22H22FN5O2. The highest BCUT2D eigenvalue weighted by Gasteiger charge is 2.37. The van der Waals surface area contributed by atoms with Crippen molar-refractivity contribution in [1.29, 1.82) is 0 Å². The van der Waals surface area contributed by atoms with E-state index in [0.717, 1.165) is 0 Å². The number of amides is 2. The summed E-state index contributed by atoms with van der Waals surface area (Å²) in [4.78, 5) is 28.4. The minimum absolute atomic E-state index is 0.125. The lowest BCUT2D eigenvalue weighted by Crippen LogP contribution is -2.49. The van der Waals surface area contributed by atoms with Crippen LogP contribution in [0, 0.1) is 5.82 Å². The summed E-state index contributed by atoms with van der Waals surface area (Å²) in [6, 6.07) is 11.7. The summed E-state index contributed by atoms with van der Waals surface area (Å²) in [6.45, 7) is 5.72. The first-order valence-corrected chi connectivity index (χ1v) is 9.62. The number of halogens is 1. The molecule has 1 unspecified atom stereocenters. The Balaban J connectivity index is 1.85. The SMILES string of the molecule is CC(C)(C)NC(=O)C(c1ccc(F)cc1)N1Cc2cnnn2-c2ccccc2C1=O. The molecular weight excluding hydrogens is 385 g/mol. The lowest BCUT2D eigenvalue weighted by molar-refractivity contribution is -0.127. The molecule has 1 atom stereocenters. The van der Waals surface area contributed by atoms with E-state index in [9.17, 15) is 14.0 Å². The van der Waals surface area contributed by atoms with Gasteiger partial charge in [-0.2, -0.15) is 0 Å². The fourth-order valence-corrected chi connectivity index (χ4v) is 3.57. The maximum atomic E-state index is 13.6. The van der Waals surface area contributed by atoms with Crippen LogP contribution in [0.5, 0.6) is 0 Å². The Hall–Kier alpha value is -3.55. The summed E-state index contributed by atoms with van der Waals surface area (Å²) in [5.41, 5.74) is 1.70. The highest BCUT2D eigenvalue weighted by Crippen LogP contribution is 2.31. The normalized spacial score (nSPS) is 14.5. The van der Waals surface area contributed by atoms with Crippen LogP contribution in [0.15, 0.2) is 54.7 Å². The third-order valence-corrected chi connectivity index (χ3v) is 4.82. The van der Waals surface area contributed by atoms with Crippen LogP contribution < -0.4 is 5.32 Å². The first-order valence-electron chi connectivity index (χ1n) is 9.62. The van der Waals surface area contributed by atoms with Crippen molar-refractivity contribution in [2.75, 3.05) is 0 Å². The summed E-state index contributed by atoms with van der Waals surface area (Å²) >= 11 is 0. The maximum absolute atomic E-state index is 13.6. The molecule has 0 fully saturated rings. The highest BCUT2D eigenvalue weighted by atomic mass is 19.1. The van der Waals surface area contributed by atoms with Gasteiger partial charge in [0.2, 0.25) is 5.91 Å². The molecule has 8 heteroatoms. The maximum Gasteiger partial charge on any atom is 0.257 e. The van der Waals surface area contributed by atoms with Gasteiger partial charge in [-0.05, 0) is 50.6 Å². The average molecular weight is 407 g/mol. The zero-order chi connectivity index (χ0) is 21.5. The van der Waals surface area contributed by atoms with Crippen molar-refractivity contribution >= 4 is 11.8 Å². The van der Waals surface area contributed by atoms with E-state index in [1.54, 1.807) is 29.1 Å². The Kier molecular flexibility index (Phi) is 4.85. The Labute approximate surface area is 173 Å². The van der Waals surface area contributed by atoms with Crippen LogP contribution in [-0.4, -0.2) is 37.2 Å². The molecule has 0 spiro atoms. The predicted octanol–water partition coefficient (Wildman–Crippen LogP) is 3.02. The molecule has 1 aliphatic heterocycles. The molecule has 154 valence electrons. The van der Waals surface area contributed by atoms with E-state index in [0.29, 0.717) is 22.5 Å². The quantitative estimate of drug-likeness (QED) is 0.724. The minimum Gasteiger partial charge on any atom is -0.349 e. The van der Waals surface area contributed by atoms with Gasteiger partial charge in [0.15, 0.2) is 0 Å². The van der Waals surface area contributed by atoms with Crippen LogP contribution in [0.4, 0.5) is 4.39 Å². The van der Waals surface area contributed by atoms with E-state index in [2.05, 4.69) is 15.6 Å². The van der Waals surface area contributed by atoms with Crippen LogP contribution in [0.3, 0.4) is 0 Å². The Morgan fingerprint density at radius 1 is 1.13 bits per heavy atom. The van der Waals surface area contributed by atoms with Crippen LogP contribution >= 0.6 is 0 Å². The van der Waals surface area contributed by atoms with Crippen molar-refractivity contribution in [2.45, 2.75) is 38.9 Å². The fourth-order valence-electron chi connectivity index (χ4n) is 3.57. The first-order chi connectivity index (χ1) is 14.2. The molecule has 7 nitrogen and oxygen atoms in total. The number of rotatable bonds is 3. The van der Waals surface area contributed by atoms with E-state index in [1.807, 2.05) is 26.8 Å². The van der Waals surface area contributed by atoms with Crippen molar-refractivity contribution in [3.05, 3.63) is 77.4 Å². The smallest absolute Gasteiger partial charge is 0.257 e. The molecule has 0 aliphatic carbocycles. The van der Waals surface area contributed by atoms with Crippen LogP contribution in [0.2, 0.25) is 0 Å². The van der Waals surface area contributed by atoms with Crippen molar-refractivity contribution in [2.24, 2.45) is 0 Å². The molecule has 1 N–H and O–H groups in total. The third kappa shape index (κ3) is 3.68. The third-order valence-electron chi connectivity index (χ3n) is 4.82. The summed E-state index contributed by atoms with van der Waals surface area (Å²) in [5.74, 6) is -1.07. The van der Waals surface area contributed by atoms with Gasteiger partial charge < -0.3 is 10.2 Å². The number of fused-ring (bicyclic) bond motifs is 3. The van der Waals surface area contributed by atoms with Gasteiger partial charge >= 0.3 is 0 Å². The minimum atomic E-state index is -0.952. The lowest BCUT2D eigenvalue weighted by Gasteiger charge is -2.32. The molecule has 0 saturated heterocycles. The Morgan fingerprint density at radius 2 is 1.83 bits per heavy atom. The van der Waals surface area contributed by atoms with E-state index < -0.39 is 17.4 Å². The predicted molar refractivity (Wildman–Crippen MR) is 108 cm³/mol. The molecule has 0 radical (unpaired) electrons. The van der Waals surface area contributed by atoms with E-state index in [1.165, 1.54) is 29.2 Å². The largest absolute Gasteiger partial charge is 0.349 e. The average Bonchev–Trinajstić information content (AvgIpc) is 3.11. The van der Waals surface area contributed by atoms with Crippen molar-refractivity contribution in [3.63, 3.8) is 0 Å². The number of hydrogen-bond acceptors (Lipinski definition) is 4. The second kappa shape index (κ2) is 7.37. The standard InChI is InChI=1S/C22H22FN5O2/c1-22(2,3)25-20(29)19(14-8-10-15(23)11-9-14)27-13-16-12-24-26-28(16)18-7-5-4-6-17(18)21(27)30/h4-12,19H,13H2,1-3H3,(H,25,29). The van der Waals surface area contributed by atoms with Gasteiger partial charge in [-0.3, -0.25) is 9.59 Å². The number of hydrogen-bond donors (Lipinski definition) is 1. The van der Waals surface area contributed by atoms with Gasteiger partial charge in [0.1, 0.15) is 11.9 Å². The first kappa shape index (κ1) is 19.8. The summed E-state index contributed by atoms with van der Waals surface area (Å²) in [7, 11) is 0. The van der Waals surface area contributed by atoms with E-state index >= 15 is 0 Å². The second-order valence-electron chi connectivity index (χ2n) is 8.28. The number of carbonyl (C=O) groups is 2. The summed E-state index contributed by atoms with van der Waals surface area (Å²) < 4.78 is 15.2. The molecule has 1 aliphatic rings. The molecule has 3 aromatic rings. The van der Waals surface area contributed by atoms with Crippen molar-refractivity contribution in [1.82, 2.24) is 25.2 Å². The van der Waals surface area contributed by atoms with Gasteiger partial charge in [0, 0.05) is 5.54 Å². The highest BCUT2D eigenvalue weighted by molar-refractivity contribution is 6.01. The molecule has 30 heavy (non-hydrogen) atoms. The zero-order valence-electron chi connectivity index (χ0n) is 17.0. The number of para-hydroxylation sites is 1. The van der Waals surface area contributed by atoms with Crippen molar-refractivity contribution in [3.8, 4) is 5.69 Å². The molecule has 2 heterocycles. The monoisotopic (exact) mass is 407 g/mol. The molecule has 0 bridgehead atoms. The summed E-state index contributed by atoms with van der Waals surface area (Å²) in [5, 5.41) is 11.0. The lowest BCUT2D eigenvalue weighted by atomic mass is 10.0. The number of carbonyl (C=O) groups excluding carboxylic acids is 2. The van der Waals surface area contributed by atoms with Crippen LogP contribution in [0.25, 0.3) is 5.69 Å². The number of nitrogens with one attached hydrogen (secondary N) is 1. The van der Waals surface area contributed by atoms with Gasteiger partial charge in [-0.15, -0.1) is 5.10 Å². The molecule has 2 amide bonds. The number of benzene rings is 2. The van der Waals surface area contributed by atoms with Gasteiger partial charge in [-0.25, -0.2) is 9.07 Å².